The molecule has 1 amide bonds. The van der Waals surface area contributed by atoms with Crippen molar-refractivity contribution < 1.29 is 9.90 Å². The molecule has 1 N–H and O–H groups in total. The highest BCUT2D eigenvalue weighted by Crippen LogP contribution is 2.16. The number of carbonyl (C=O) groups is 1. The first-order chi connectivity index (χ1) is 4.74. The number of hydrogen-bond acceptors (Lipinski definition) is 1. The smallest absolute Gasteiger partial charge is 0.407 e. The summed E-state index contributed by atoms with van der Waals surface area (Å²) in [6, 6.07) is 0. The maximum atomic E-state index is 10.2. The molecule has 0 spiro atoms. The molecule has 1 rings (SSSR count). The lowest BCUT2D eigenvalue weighted by Crippen LogP contribution is -2.48. The van der Waals surface area contributed by atoms with Crippen LogP contribution in [0.5, 0.6) is 0 Å². The summed E-state index contributed by atoms with van der Waals surface area (Å²) in [7, 11) is 0. The lowest BCUT2D eigenvalue weighted by molar-refractivity contribution is 0.0974. The van der Waals surface area contributed by atoms with E-state index in [4.69, 9.17) is 5.11 Å². The molecule has 0 bridgehead atoms. The van der Waals surface area contributed by atoms with Gasteiger partial charge in [0.05, 0.1) is 0 Å². The van der Waals surface area contributed by atoms with Crippen LogP contribution in [0.2, 0.25) is 0 Å². The number of nitrogens with zero attached hydrogens (tertiary/aromatic N) is 1. The van der Waals surface area contributed by atoms with Crippen molar-refractivity contribution in [3.63, 3.8) is 0 Å². The van der Waals surface area contributed by atoms with Gasteiger partial charge in [-0.1, -0.05) is 28.7 Å². The average Bonchev–Trinajstić information content (AvgIpc) is 1.76. The monoisotopic (exact) mass is 253 g/mol. The van der Waals surface area contributed by atoms with E-state index in [1.807, 2.05) is 10.2 Å². The van der Waals surface area contributed by atoms with Crippen LogP contribution in [0.1, 0.15) is 0 Å². The van der Waals surface area contributed by atoms with E-state index in [-0.39, 0.29) is 0 Å². The number of hydrogen-bond donors (Lipinski definition) is 1. The van der Waals surface area contributed by atoms with Crippen molar-refractivity contribution in [1.29, 1.82) is 0 Å². The highest BCUT2D eigenvalue weighted by molar-refractivity contribution is 14.1. The van der Waals surface area contributed by atoms with Gasteiger partial charge in [0.25, 0.3) is 0 Å². The molecule has 1 heterocycles. The highest BCUT2D eigenvalue weighted by atomic mass is 127. The zero-order valence-corrected chi connectivity index (χ0v) is 7.48. The first kappa shape index (κ1) is 7.84. The van der Waals surface area contributed by atoms with E-state index in [0.29, 0.717) is 19.0 Å². The minimum Gasteiger partial charge on any atom is -0.465 e. The van der Waals surface area contributed by atoms with Gasteiger partial charge in [-0.25, -0.2) is 4.79 Å². The fourth-order valence-electron chi connectivity index (χ4n) is 0.893. The Morgan fingerprint density at radius 2 is 2.30 bits per heavy atom. The summed E-state index contributed by atoms with van der Waals surface area (Å²) in [5, 5.41) is 8.42. The molecule has 0 saturated carbocycles. The molecule has 1 aliphatic rings. The molecule has 4 heteroatoms. The molecule has 0 radical (unpaired) electrons. The largest absolute Gasteiger partial charge is 0.465 e. The number of carboxylic acid groups (broad SMARTS) is 1. The quantitative estimate of drug-likeness (QED) is 0.720. The second-order valence-corrected chi connectivity index (χ2v) is 2.99. The SMILES string of the molecule is O=C(O)N1CC(C=CI)C1. The standard InChI is InChI=1S/C6H8INO2/c7-2-1-5-3-8(4-5)6(9)10/h1-2,5H,3-4H2,(H,9,10). The molecular weight excluding hydrogens is 245 g/mol. The van der Waals surface area contributed by atoms with Gasteiger partial charge in [-0.3, -0.25) is 0 Å². The van der Waals surface area contributed by atoms with Crippen molar-refractivity contribution in [1.82, 2.24) is 4.90 Å². The van der Waals surface area contributed by atoms with Gasteiger partial charge < -0.3 is 10.0 Å². The van der Waals surface area contributed by atoms with Gasteiger partial charge in [0.2, 0.25) is 0 Å². The molecule has 1 aliphatic heterocycles. The van der Waals surface area contributed by atoms with Crippen LogP contribution in [0.4, 0.5) is 4.79 Å². The minimum absolute atomic E-state index is 0.452. The molecule has 1 fully saturated rings. The second kappa shape index (κ2) is 3.23. The third kappa shape index (κ3) is 1.62. The normalized spacial score (nSPS) is 19.5. The number of halogens is 1. The van der Waals surface area contributed by atoms with Gasteiger partial charge in [-0.15, -0.1) is 0 Å². The molecule has 56 valence electrons. The molecule has 10 heavy (non-hydrogen) atoms. The molecule has 0 aliphatic carbocycles. The van der Waals surface area contributed by atoms with Gasteiger partial charge >= 0.3 is 6.09 Å². The van der Waals surface area contributed by atoms with Crippen LogP contribution in [0.15, 0.2) is 10.2 Å². The van der Waals surface area contributed by atoms with E-state index in [1.165, 1.54) is 4.90 Å². The minimum atomic E-state index is -0.807. The van der Waals surface area contributed by atoms with Crippen molar-refractivity contribution >= 4 is 28.7 Å². The molecular formula is C6H8INO2. The van der Waals surface area contributed by atoms with Crippen LogP contribution < -0.4 is 0 Å². The number of amides is 1. The lowest BCUT2D eigenvalue weighted by atomic mass is 10.0. The van der Waals surface area contributed by atoms with Gasteiger partial charge in [-0.2, -0.15) is 0 Å². The van der Waals surface area contributed by atoms with Gasteiger partial charge in [0, 0.05) is 19.0 Å². The number of rotatable bonds is 1. The Bertz CT molecular complexity index is 163. The van der Waals surface area contributed by atoms with Crippen LogP contribution in [-0.4, -0.2) is 29.2 Å². The van der Waals surface area contributed by atoms with Crippen LogP contribution in [0.25, 0.3) is 0 Å². The molecule has 0 atom stereocenters. The van der Waals surface area contributed by atoms with E-state index in [1.54, 1.807) is 0 Å². The van der Waals surface area contributed by atoms with Crippen LogP contribution >= 0.6 is 22.6 Å². The van der Waals surface area contributed by atoms with Crippen LogP contribution in [-0.2, 0) is 0 Å². The topological polar surface area (TPSA) is 40.5 Å². The fourth-order valence-corrected chi connectivity index (χ4v) is 1.48. The Hall–Kier alpha value is -0.260. The first-order valence-electron chi connectivity index (χ1n) is 2.99. The molecule has 0 aromatic heterocycles. The summed E-state index contributed by atoms with van der Waals surface area (Å²) in [6.07, 6.45) is 1.22. The van der Waals surface area contributed by atoms with E-state index in [2.05, 4.69) is 22.6 Å². The third-order valence-electron chi connectivity index (χ3n) is 1.53. The Balaban J connectivity index is 2.24. The Labute approximate surface area is 72.8 Å². The summed E-state index contributed by atoms with van der Waals surface area (Å²) < 4.78 is 1.93. The third-order valence-corrected chi connectivity index (χ3v) is 1.94. The first-order valence-corrected chi connectivity index (χ1v) is 4.23. The van der Waals surface area contributed by atoms with Gasteiger partial charge in [-0.05, 0) is 4.08 Å². The predicted molar refractivity (Wildman–Crippen MR) is 46.2 cm³/mol. The van der Waals surface area contributed by atoms with Crippen molar-refractivity contribution in [2.24, 2.45) is 5.92 Å². The maximum absolute atomic E-state index is 10.2. The zero-order valence-electron chi connectivity index (χ0n) is 5.33. The maximum Gasteiger partial charge on any atom is 0.407 e. The van der Waals surface area contributed by atoms with E-state index in [0.717, 1.165) is 0 Å². The molecule has 1 saturated heterocycles. The van der Waals surface area contributed by atoms with Crippen molar-refractivity contribution in [3.05, 3.63) is 10.2 Å². The Morgan fingerprint density at radius 3 is 2.70 bits per heavy atom. The van der Waals surface area contributed by atoms with Gasteiger partial charge in [0.15, 0.2) is 0 Å². The zero-order chi connectivity index (χ0) is 7.56. The summed E-state index contributed by atoms with van der Waals surface area (Å²) in [5.74, 6) is 0.452. The Kier molecular flexibility index (Phi) is 2.53. The fraction of sp³-hybridized carbons (Fsp3) is 0.500. The van der Waals surface area contributed by atoms with E-state index >= 15 is 0 Å². The van der Waals surface area contributed by atoms with Crippen LogP contribution in [0.3, 0.4) is 0 Å². The van der Waals surface area contributed by atoms with Gasteiger partial charge in [0.1, 0.15) is 0 Å². The molecule has 0 unspecified atom stereocenters. The average molecular weight is 253 g/mol. The number of likely N-dealkylation sites (tertiary alicyclic amines) is 1. The van der Waals surface area contributed by atoms with Crippen LogP contribution in [0, 0.1) is 5.92 Å². The highest BCUT2D eigenvalue weighted by Gasteiger charge is 2.27. The summed E-state index contributed by atoms with van der Waals surface area (Å²) in [6.45, 7) is 1.32. The summed E-state index contributed by atoms with van der Waals surface area (Å²) in [4.78, 5) is 11.6. The van der Waals surface area contributed by atoms with Crippen molar-refractivity contribution in [2.45, 2.75) is 0 Å². The van der Waals surface area contributed by atoms with Crippen molar-refractivity contribution in [3.8, 4) is 0 Å². The second-order valence-electron chi connectivity index (χ2n) is 2.27. The van der Waals surface area contributed by atoms with E-state index < -0.39 is 6.09 Å². The Morgan fingerprint density at radius 1 is 1.70 bits per heavy atom. The molecule has 3 nitrogen and oxygen atoms in total. The van der Waals surface area contributed by atoms with Crippen molar-refractivity contribution in [2.75, 3.05) is 13.1 Å². The molecule has 0 aromatic rings. The predicted octanol–water partition coefficient (Wildman–Crippen LogP) is 1.54. The van der Waals surface area contributed by atoms with E-state index in [9.17, 15) is 4.79 Å². The molecule has 0 aromatic carbocycles. The summed E-state index contributed by atoms with van der Waals surface area (Å²) >= 11 is 2.14. The lowest BCUT2D eigenvalue weighted by Gasteiger charge is -2.34. The summed E-state index contributed by atoms with van der Waals surface area (Å²) in [5.41, 5.74) is 0.